The molecule has 114 valence electrons. The molecule has 2 aliphatic rings. The van der Waals surface area contributed by atoms with Crippen LogP contribution in [0.15, 0.2) is 18.2 Å². The highest BCUT2D eigenvalue weighted by Gasteiger charge is 2.24. The third-order valence-electron chi connectivity index (χ3n) is 5.02. The molecule has 2 atom stereocenters. The first kappa shape index (κ1) is 14.4. The molecule has 0 spiro atoms. The topological polar surface area (TPSA) is 41.1 Å². The number of carbonyl (C=O) groups excluding carboxylic acids is 1. The van der Waals surface area contributed by atoms with Gasteiger partial charge in [-0.25, -0.2) is 0 Å². The van der Waals surface area contributed by atoms with E-state index in [9.17, 15) is 4.79 Å². The van der Waals surface area contributed by atoms with E-state index < -0.39 is 0 Å². The first-order valence-electron chi connectivity index (χ1n) is 8.42. The zero-order valence-electron chi connectivity index (χ0n) is 13.0. The second kappa shape index (κ2) is 6.50. The fourth-order valence-corrected chi connectivity index (χ4v) is 3.68. The second-order valence-corrected chi connectivity index (χ2v) is 6.56. The Hall–Kier alpha value is -1.51. The van der Waals surface area contributed by atoms with E-state index in [1.54, 1.807) is 0 Å². The summed E-state index contributed by atoms with van der Waals surface area (Å²) in [6.45, 7) is 3.29. The Morgan fingerprint density at radius 2 is 2.05 bits per heavy atom. The zero-order valence-corrected chi connectivity index (χ0v) is 13.0. The van der Waals surface area contributed by atoms with Crippen molar-refractivity contribution in [3.05, 3.63) is 29.3 Å². The van der Waals surface area contributed by atoms with Crippen LogP contribution in [0.2, 0.25) is 0 Å². The molecule has 21 heavy (non-hydrogen) atoms. The Kier molecular flexibility index (Phi) is 4.47. The van der Waals surface area contributed by atoms with Crippen LogP contribution in [-0.4, -0.2) is 18.5 Å². The molecule has 1 saturated carbocycles. The van der Waals surface area contributed by atoms with Crippen molar-refractivity contribution in [1.82, 2.24) is 5.32 Å². The molecule has 1 aliphatic heterocycles. The van der Waals surface area contributed by atoms with Crippen molar-refractivity contribution in [3.63, 3.8) is 0 Å². The molecule has 1 aromatic carbocycles. The third kappa shape index (κ3) is 3.22. The van der Waals surface area contributed by atoms with Gasteiger partial charge in [0.15, 0.2) is 0 Å². The van der Waals surface area contributed by atoms with E-state index in [0.717, 1.165) is 37.1 Å². The molecule has 3 rings (SSSR count). The Bertz CT molecular complexity index is 512. The Morgan fingerprint density at radius 3 is 2.95 bits per heavy atom. The lowest BCUT2D eigenvalue weighted by atomic mass is 9.94. The number of anilines is 1. The van der Waals surface area contributed by atoms with E-state index in [1.165, 1.54) is 31.2 Å². The van der Waals surface area contributed by atoms with Crippen LogP contribution in [0.5, 0.6) is 0 Å². The molecular weight excluding hydrogens is 260 g/mol. The summed E-state index contributed by atoms with van der Waals surface area (Å²) in [5, 5.41) is 6.71. The highest BCUT2D eigenvalue weighted by molar-refractivity contribution is 5.97. The molecule has 3 nitrogen and oxygen atoms in total. The minimum atomic E-state index is 0.120. The van der Waals surface area contributed by atoms with Crippen LogP contribution < -0.4 is 10.6 Å². The lowest BCUT2D eigenvalue weighted by Crippen LogP contribution is -2.39. The van der Waals surface area contributed by atoms with Gasteiger partial charge in [-0.2, -0.15) is 0 Å². The third-order valence-corrected chi connectivity index (χ3v) is 5.02. The van der Waals surface area contributed by atoms with Crippen molar-refractivity contribution >= 4 is 11.6 Å². The number of carbonyl (C=O) groups is 1. The summed E-state index contributed by atoms with van der Waals surface area (Å²) in [7, 11) is 0. The molecule has 0 aromatic heterocycles. The predicted octanol–water partition coefficient (Wildman–Crippen LogP) is 3.74. The molecule has 0 bridgehead atoms. The Labute approximate surface area is 127 Å². The Morgan fingerprint density at radius 1 is 1.19 bits per heavy atom. The lowest BCUT2D eigenvalue weighted by Gasteiger charge is -2.25. The van der Waals surface area contributed by atoms with Gasteiger partial charge in [0.05, 0.1) is 0 Å². The first-order valence-corrected chi connectivity index (χ1v) is 8.42. The second-order valence-electron chi connectivity index (χ2n) is 6.56. The van der Waals surface area contributed by atoms with Crippen molar-refractivity contribution < 1.29 is 4.79 Å². The zero-order chi connectivity index (χ0) is 14.7. The smallest absolute Gasteiger partial charge is 0.251 e. The van der Waals surface area contributed by atoms with E-state index in [0.29, 0.717) is 12.0 Å². The van der Waals surface area contributed by atoms with E-state index >= 15 is 0 Å². The maximum absolute atomic E-state index is 12.7. The van der Waals surface area contributed by atoms with E-state index in [4.69, 9.17) is 0 Å². The molecule has 3 heteroatoms. The summed E-state index contributed by atoms with van der Waals surface area (Å²) < 4.78 is 0. The number of amides is 1. The minimum Gasteiger partial charge on any atom is -0.385 e. The van der Waals surface area contributed by atoms with Gasteiger partial charge in [-0.15, -0.1) is 0 Å². The van der Waals surface area contributed by atoms with Gasteiger partial charge in [0.25, 0.3) is 5.91 Å². The highest BCUT2D eigenvalue weighted by Crippen LogP contribution is 2.27. The number of hydrogen-bond donors (Lipinski definition) is 2. The van der Waals surface area contributed by atoms with Crippen LogP contribution in [0.1, 0.15) is 61.4 Å². The molecule has 1 aromatic rings. The molecule has 1 heterocycles. The molecule has 2 N–H and O–H groups in total. The summed E-state index contributed by atoms with van der Waals surface area (Å²) in [5.41, 5.74) is 3.21. The fourth-order valence-electron chi connectivity index (χ4n) is 3.68. The lowest BCUT2D eigenvalue weighted by molar-refractivity contribution is 0.0920. The van der Waals surface area contributed by atoms with Crippen LogP contribution in [0.4, 0.5) is 5.69 Å². The van der Waals surface area contributed by atoms with Crippen molar-refractivity contribution in [3.8, 4) is 0 Å². The van der Waals surface area contributed by atoms with Crippen LogP contribution in [0.25, 0.3) is 0 Å². The SMILES string of the molecule is CC1CCCCCC1NC(=O)c1cccc2c1CCCN2. The Balaban J connectivity index is 1.76. The van der Waals surface area contributed by atoms with Gasteiger partial charge in [0.2, 0.25) is 0 Å². The fraction of sp³-hybridized carbons (Fsp3) is 0.611. The standard InChI is InChI=1S/C18H26N2O/c1-13-7-3-2-4-10-16(13)20-18(21)15-8-5-11-17-14(15)9-6-12-19-17/h5,8,11,13,16,19H,2-4,6-7,9-10,12H2,1H3,(H,20,21). The molecular formula is C18H26N2O. The number of benzene rings is 1. The molecule has 1 amide bonds. The predicted molar refractivity (Wildman–Crippen MR) is 86.8 cm³/mol. The van der Waals surface area contributed by atoms with Crippen LogP contribution in [0.3, 0.4) is 0 Å². The molecule has 0 saturated heterocycles. The van der Waals surface area contributed by atoms with Gasteiger partial charge in [0.1, 0.15) is 0 Å². The largest absolute Gasteiger partial charge is 0.385 e. The van der Waals surface area contributed by atoms with Crippen LogP contribution in [-0.2, 0) is 6.42 Å². The maximum Gasteiger partial charge on any atom is 0.251 e. The van der Waals surface area contributed by atoms with Crippen LogP contribution in [0, 0.1) is 5.92 Å². The molecule has 1 aliphatic carbocycles. The first-order chi connectivity index (χ1) is 10.3. The maximum atomic E-state index is 12.7. The van der Waals surface area contributed by atoms with Gasteiger partial charge in [-0.05, 0) is 49.3 Å². The van der Waals surface area contributed by atoms with E-state index in [2.05, 4.69) is 23.6 Å². The summed E-state index contributed by atoms with van der Waals surface area (Å²) in [6.07, 6.45) is 8.33. The van der Waals surface area contributed by atoms with Gasteiger partial charge in [0, 0.05) is 23.8 Å². The summed E-state index contributed by atoms with van der Waals surface area (Å²) in [4.78, 5) is 12.7. The van der Waals surface area contributed by atoms with Crippen molar-refractivity contribution in [1.29, 1.82) is 0 Å². The highest BCUT2D eigenvalue weighted by atomic mass is 16.1. The summed E-state index contributed by atoms with van der Waals surface area (Å²) in [6, 6.07) is 6.39. The molecule has 2 unspecified atom stereocenters. The monoisotopic (exact) mass is 286 g/mol. The van der Waals surface area contributed by atoms with Gasteiger partial charge in [-0.3, -0.25) is 4.79 Å². The number of nitrogens with one attached hydrogen (secondary N) is 2. The number of fused-ring (bicyclic) bond motifs is 1. The van der Waals surface area contributed by atoms with Crippen molar-refractivity contribution in [2.75, 3.05) is 11.9 Å². The normalized spacial score (nSPS) is 25.4. The van der Waals surface area contributed by atoms with E-state index in [-0.39, 0.29) is 5.91 Å². The van der Waals surface area contributed by atoms with Crippen LogP contribution >= 0.6 is 0 Å². The van der Waals surface area contributed by atoms with Gasteiger partial charge in [-0.1, -0.05) is 32.3 Å². The van der Waals surface area contributed by atoms with Gasteiger partial charge < -0.3 is 10.6 Å². The minimum absolute atomic E-state index is 0.120. The quantitative estimate of drug-likeness (QED) is 0.813. The molecule has 0 radical (unpaired) electrons. The summed E-state index contributed by atoms with van der Waals surface area (Å²) in [5.74, 6) is 0.711. The van der Waals surface area contributed by atoms with Crippen molar-refractivity contribution in [2.24, 2.45) is 5.92 Å². The number of rotatable bonds is 2. The average Bonchev–Trinajstić information content (AvgIpc) is 2.71. The number of hydrogen-bond acceptors (Lipinski definition) is 2. The average molecular weight is 286 g/mol. The van der Waals surface area contributed by atoms with Gasteiger partial charge >= 0.3 is 0 Å². The van der Waals surface area contributed by atoms with E-state index in [1.807, 2.05) is 12.1 Å². The molecule has 1 fully saturated rings. The summed E-state index contributed by atoms with van der Waals surface area (Å²) >= 11 is 0. The van der Waals surface area contributed by atoms with Crippen molar-refractivity contribution in [2.45, 2.75) is 57.9 Å².